The second kappa shape index (κ2) is 7.32. The van der Waals surface area contributed by atoms with Crippen LogP contribution in [0.4, 0.5) is 8.78 Å². The highest BCUT2D eigenvalue weighted by Crippen LogP contribution is 2.20. The molecule has 0 unspecified atom stereocenters. The number of aliphatic carboxylic acids is 1. The van der Waals surface area contributed by atoms with E-state index in [9.17, 15) is 23.5 Å². The van der Waals surface area contributed by atoms with E-state index in [4.69, 9.17) is 11.6 Å². The van der Waals surface area contributed by atoms with Crippen LogP contribution in [0.2, 0.25) is 5.02 Å². The van der Waals surface area contributed by atoms with Gasteiger partial charge in [-0.2, -0.15) is 0 Å². The number of aromatic amines is 1. The number of fused-ring (bicyclic) bond motifs is 1. The van der Waals surface area contributed by atoms with Crippen LogP contribution in [-0.2, 0) is 11.2 Å². The van der Waals surface area contributed by atoms with Gasteiger partial charge in [-0.15, -0.1) is 0 Å². The van der Waals surface area contributed by atoms with Gasteiger partial charge >= 0.3 is 5.97 Å². The lowest BCUT2D eigenvalue weighted by Crippen LogP contribution is -2.44. The summed E-state index contributed by atoms with van der Waals surface area (Å²) in [5.74, 6) is -3.56. The summed E-state index contributed by atoms with van der Waals surface area (Å²) in [6.45, 7) is 0. The molecule has 0 bridgehead atoms. The minimum absolute atomic E-state index is 0.00598. The standard InChI is InChI=1S/C18H14ClF2N3O3/c1-24(15(18(26)27)6-9-2-3-12(20)7-13(9)21)17(25)14-5-10-4-11(19)8-22-16(10)23-14/h2-5,7-8,15H,6H2,1H3,(H,22,23)(H,26,27)/t15-/m0/s1. The number of hydrogen-bond acceptors (Lipinski definition) is 3. The molecule has 0 aliphatic rings. The summed E-state index contributed by atoms with van der Waals surface area (Å²) in [4.78, 5) is 32.2. The molecule has 1 atom stereocenters. The molecule has 6 nitrogen and oxygen atoms in total. The first-order chi connectivity index (χ1) is 12.8. The number of carboxylic acid groups (broad SMARTS) is 1. The Bertz CT molecular complexity index is 1040. The van der Waals surface area contributed by atoms with E-state index >= 15 is 0 Å². The fraction of sp³-hybridized carbons (Fsp3) is 0.167. The molecule has 2 aromatic heterocycles. The van der Waals surface area contributed by atoms with E-state index in [1.807, 2.05) is 0 Å². The third-order valence-corrected chi connectivity index (χ3v) is 4.38. The second-order valence-electron chi connectivity index (χ2n) is 5.98. The Hall–Kier alpha value is -3.00. The molecular weight excluding hydrogens is 380 g/mol. The molecule has 1 aromatic carbocycles. The van der Waals surface area contributed by atoms with Crippen molar-refractivity contribution in [3.05, 3.63) is 64.4 Å². The topological polar surface area (TPSA) is 86.3 Å². The third-order valence-electron chi connectivity index (χ3n) is 4.17. The fourth-order valence-electron chi connectivity index (χ4n) is 2.72. The van der Waals surface area contributed by atoms with Crippen LogP contribution in [0.3, 0.4) is 0 Å². The molecule has 0 radical (unpaired) electrons. The number of halogens is 3. The Labute approximate surface area is 157 Å². The van der Waals surface area contributed by atoms with Crippen molar-refractivity contribution >= 4 is 34.5 Å². The number of rotatable bonds is 5. The van der Waals surface area contributed by atoms with Gasteiger partial charge in [0.15, 0.2) is 0 Å². The molecule has 0 saturated carbocycles. The van der Waals surface area contributed by atoms with Crippen LogP contribution in [0, 0.1) is 11.6 Å². The summed E-state index contributed by atoms with van der Waals surface area (Å²) in [6, 6.07) is 4.63. The lowest BCUT2D eigenvalue weighted by molar-refractivity contribution is -0.141. The van der Waals surface area contributed by atoms with E-state index in [1.165, 1.54) is 19.3 Å². The summed E-state index contributed by atoms with van der Waals surface area (Å²) < 4.78 is 26.9. The Kier molecular flexibility index (Phi) is 5.09. The van der Waals surface area contributed by atoms with Crippen molar-refractivity contribution in [3.8, 4) is 0 Å². The number of pyridine rings is 1. The number of likely N-dealkylation sites (N-methyl/N-ethyl adjacent to an activating group) is 1. The summed E-state index contributed by atoms with van der Waals surface area (Å²) in [6.07, 6.45) is 1.10. The minimum Gasteiger partial charge on any atom is -0.480 e. The van der Waals surface area contributed by atoms with Crippen LogP contribution >= 0.6 is 11.6 Å². The Morgan fingerprint density at radius 1 is 1.30 bits per heavy atom. The van der Waals surface area contributed by atoms with Gasteiger partial charge in [-0.05, 0) is 23.8 Å². The predicted molar refractivity (Wildman–Crippen MR) is 94.7 cm³/mol. The van der Waals surface area contributed by atoms with Crippen LogP contribution in [0.1, 0.15) is 16.1 Å². The number of benzene rings is 1. The molecule has 2 heterocycles. The fourth-order valence-corrected chi connectivity index (χ4v) is 2.89. The number of carbonyl (C=O) groups is 2. The van der Waals surface area contributed by atoms with Crippen molar-refractivity contribution in [2.24, 2.45) is 0 Å². The van der Waals surface area contributed by atoms with E-state index in [1.54, 1.807) is 6.07 Å². The van der Waals surface area contributed by atoms with E-state index < -0.39 is 29.6 Å². The monoisotopic (exact) mass is 393 g/mol. The normalized spacial score (nSPS) is 12.1. The average molecular weight is 394 g/mol. The van der Waals surface area contributed by atoms with Gasteiger partial charge in [0.2, 0.25) is 0 Å². The maximum atomic E-state index is 13.9. The lowest BCUT2D eigenvalue weighted by atomic mass is 10.0. The smallest absolute Gasteiger partial charge is 0.326 e. The van der Waals surface area contributed by atoms with E-state index in [2.05, 4.69) is 9.97 Å². The second-order valence-corrected chi connectivity index (χ2v) is 6.42. The van der Waals surface area contributed by atoms with Gasteiger partial charge in [-0.3, -0.25) is 4.79 Å². The molecule has 0 aliphatic carbocycles. The SMILES string of the molecule is CN(C(=O)c1cc2cc(Cl)cnc2[nH]1)[C@@H](Cc1ccc(F)cc1F)C(=O)O. The van der Waals surface area contributed by atoms with E-state index in [-0.39, 0.29) is 17.7 Å². The van der Waals surface area contributed by atoms with Gasteiger partial charge in [0.05, 0.1) is 5.02 Å². The first kappa shape index (κ1) is 18.8. The number of aromatic nitrogens is 2. The molecule has 1 amide bonds. The molecule has 0 fully saturated rings. The molecule has 3 rings (SSSR count). The Morgan fingerprint density at radius 2 is 2.04 bits per heavy atom. The van der Waals surface area contributed by atoms with E-state index in [0.29, 0.717) is 22.1 Å². The number of H-pyrrole nitrogens is 1. The number of carboxylic acids is 1. The van der Waals surface area contributed by atoms with Crippen molar-refractivity contribution < 1.29 is 23.5 Å². The van der Waals surface area contributed by atoms with Crippen molar-refractivity contribution in [1.82, 2.24) is 14.9 Å². The molecule has 27 heavy (non-hydrogen) atoms. The highest BCUT2D eigenvalue weighted by molar-refractivity contribution is 6.31. The first-order valence-corrected chi connectivity index (χ1v) is 8.22. The van der Waals surface area contributed by atoms with Crippen LogP contribution in [-0.4, -0.2) is 44.9 Å². The number of hydrogen-bond donors (Lipinski definition) is 2. The van der Waals surface area contributed by atoms with Crippen LogP contribution in [0.25, 0.3) is 11.0 Å². The number of nitrogens with one attached hydrogen (secondary N) is 1. The van der Waals surface area contributed by atoms with E-state index in [0.717, 1.165) is 17.0 Å². The highest BCUT2D eigenvalue weighted by Gasteiger charge is 2.29. The molecule has 2 N–H and O–H groups in total. The van der Waals surface area contributed by atoms with Crippen molar-refractivity contribution in [3.63, 3.8) is 0 Å². The van der Waals surface area contributed by atoms with Crippen molar-refractivity contribution in [1.29, 1.82) is 0 Å². The quantitative estimate of drug-likeness (QED) is 0.696. The lowest BCUT2D eigenvalue weighted by Gasteiger charge is -2.24. The molecule has 0 spiro atoms. The zero-order valence-electron chi connectivity index (χ0n) is 14.0. The maximum Gasteiger partial charge on any atom is 0.326 e. The summed E-state index contributed by atoms with van der Waals surface area (Å²) in [5.41, 5.74) is 0.536. The van der Waals surface area contributed by atoms with Crippen LogP contribution in [0.5, 0.6) is 0 Å². The Morgan fingerprint density at radius 3 is 2.70 bits per heavy atom. The molecule has 140 valence electrons. The summed E-state index contributed by atoms with van der Waals surface area (Å²) >= 11 is 5.87. The summed E-state index contributed by atoms with van der Waals surface area (Å²) in [5, 5.41) is 10.5. The largest absolute Gasteiger partial charge is 0.480 e. The van der Waals surface area contributed by atoms with Gasteiger partial charge in [0, 0.05) is 31.1 Å². The number of amides is 1. The molecule has 0 saturated heterocycles. The maximum absolute atomic E-state index is 13.9. The molecular formula is C18H14ClF2N3O3. The molecule has 0 aliphatic heterocycles. The summed E-state index contributed by atoms with van der Waals surface area (Å²) in [7, 11) is 1.30. The number of nitrogens with zero attached hydrogens (tertiary/aromatic N) is 2. The zero-order valence-corrected chi connectivity index (χ0v) is 14.8. The third kappa shape index (κ3) is 3.90. The first-order valence-electron chi connectivity index (χ1n) is 7.84. The van der Waals surface area contributed by atoms with Crippen LogP contribution < -0.4 is 0 Å². The van der Waals surface area contributed by atoms with Gasteiger partial charge in [-0.1, -0.05) is 17.7 Å². The predicted octanol–water partition coefficient (Wildman–Crippen LogP) is 3.26. The average Bonchev–Trinajstić information content (AvgIpc) is 3.02. The molecule has 9 heteroatoms. The van der Waals surface area contributed by atoms with Crippen molar-refractivity contribution in [2.75, 3.05) is 7.05 Å². The van der Waals surface area contributed by atoms with Crippen LogP contribution in [0.15, 0.2) is 36.5 Å². The van der Waals surface area contributed by atoms with Gasteiger partial charge in [0.25, 0.3) is 5.91 Å². The number of carbonyl (C=O) groups excluding carboxylic acids is 1. The highest BCUT2D eigenvalue weighted by atomic mass is 35.5. The Balaban J connectivity index is 1.87. The zero-order chi connectivity index (χ0) is 19.7. The minimum atomic E-state index is -1.35. The van der Waals surface area contributed by atoms with Crippen molar-refractivity contribution in [2.45, 2.75) is 12.5 Å². The molecule has 3 aromatic rings. The van der Waals surface area contributed by atoms with Gasteiger partial charge in [0.1, 0.15) is 29.0 Å². The van der Waals surface area contributed by atoms with Gasteiger partial charge in [-0.25, -0.2) is 18.6 Å². The van der Waals surface area contributed by atoms with Gasteiger partial charge < -0.3 is 15.0 Å².